The molecule has 15 aromatic rings. The van der Waals surface area contributed by atoms with E-state index in [2.05, 4.69) is 40.9 Å². The molecule has 4 aromatic heterocycles. The first kappa shape index (κ1) is 95.7. The highest BCUT2D eigenvalue weighted by Crippen LogP contribution is 2.45. The maximum atomic E-state index is 13.7. The number of carboxylic acids is 2. The number of Topliss-reactive ketones (excluding diaryl/α,β-unsaturated/α-hetero) is 1. The molecule has 3 amide bonds. The van der Waals surface area contributed by atoms with Crippen molar-refractivity contribution < 1.29 is 109 Å². The minimum absolute atomic E-state index is 0.00303. The van der Waals surface area contributed by atoms with Crippen LogP contribution in [-0.2, 0) is 38.0 Å². The van der Waals surface area contributed by atoms with Crippen molar-refractivity contribution in [3.63, 3.8) is 0 Å². The van der Waals surface area contributed by atoms with Crippen molar-refractivity contribution in [1.29, 1.82) is 0 Å². The van der Waals surface area contributed by atoms with Crippen molar-refractivity contribution in [2.75, 3.05) is 54.1 Å². The molecule has 11 aromatic carbocycles. The quantitative estimate of drug-likeness (QED) is 0.0274. The van der Waals surface area contributed by atoms with Gasteiger partial charge in [0, 0.05) is 49.0 Å². The van der Waals surface area contributed by atoms with Gasteiger partial charge in [-0.15, -0.1) is 0 Å². The Morgan fingerprint density at radius 1 is 0.554 bits per heavy atom. The summed E-state index contributed by atoms with van der Waals surface area (Å²) in [6, 6.07) is 69.1. The zero-order valence-electron chi connectivity index (χ0n) is 77.2. The van der Waals surface area contributed by atoms with Gasteiger partial charge in [-0.2, -0.15) is 5.10 Å². The van der Waals surface area contributed by atoms with E-state index < -0.39 is 74.3 Å². The Morgan fingerprint density at radius 2 is 1.13 bits per heavy atom. The second-order valence-electron chi connectivity index (χ2n) is 33.6. The molecule has 4 aliphatic rings. The van der Waals surface area contributed by atoms with Crippen LogP contribution in [0.3, 0.4) is 0 Å². The molecule has 0 saturated heterocycles. The molecule has 2 atom stereocenters. The molecular weight excluding hydrogens is 1820 g/mol. The normalized spacial score (nSPS) is 12.9. The molecule has 4 aliphatic heterocycles. The number of nitrogens with one attached hydrogen (secondary N) is 2. The topological polar surface area (TPSA) is 395 Å². The van der Waals surface area contributed by atoms with Crippen molar-refractivity contribution in [2.24, 2.45) is 0 Å². The Bertz CT molecular complexity index is 7560. The highest BCUT2D eigenvalue weighted by atomic mass is 32.2. The van der Waals surface area contributed by atoms with Crippen LogP contribution in [0.25, 0.3) is 55.2 Å². The molecular formula is C106H94N6O25S2. The number of ether oxygens (including phenoxy) is 12. The number of carboxylic acid groups (broad SMARTS) is 2. The molecule has 0 saturated carbocycles. The van der Waals surface area contributed by atoms with Gasteiger partial charge in [-0.25, -0.2) is 27.7 Å². The zero-order chi connectivity index (χ0) is 98.3. The maximum Gasteiger partial charge on any atom is 0.342 e. The Kier molecular flexibility index (Phi) is 28.3. The first-order valence-corrected chi connectivity index (χ1v) is 46.4. The molecule has 31 nitrogen and oxygen atoms in total. The Labute approximate surface area is 801 Å². The number of sulfone groups is 1. The van der Waals surface area contributed by atoms with Gasteiger partial charge in [-0.05, 0) is 211 Å². The van der Waals surface area contributed by atoms with Gasteiger partial charge in [0.15, 0.2) is 55.7 Å². The molecule has 0 aliphatic carbocycles. The molecule has 0 radical (unpaired) electrons. The summed E-state index contributed by atoms with van der Waals surface area (Å²) in [5, 5.41) is 28.3. The van der Waals surface area contributed by atoms with Crippen molar-refractivity contribution >= 4 is 90.2 Å². The third-order valence-corrected chi connectivity index (χ3v) is 25.7. The molecule has 139 heavy (non-hydrogen) atoms. The number of rotatable bonds is 27. The van der Waals surface area contributed by atoms with Crippen LogP contribution in [0.4, 0.5) is 0 Å². The number of aromatic nitrogens is 4. The van der Waals surface area contributed by atoms with Crippen LogP contribution >= 0.6 is 11.9 Å². The number of amides is 3. The van der Waals surface area contributed by atoms with Crippen LogP contribution in [0.1, 0.15) is 146 Å². The number of nitrogens with zero attached hydrogens (tertiary/aromatic N) is 4. The summed E-state index contributed by atoms with van der Waals surface area (Å²) in [5.74, 6) is 0.764. The van der Waals surface area contributed by atoms with Gasteiger partial charge in [0.1, 0.15) is 69.4 Å². The van der Waals surface area contributed by atoms with Gasteiger partial charge in [0.2, 0.25) is 32.4 Å². The molecule has 0 spiro atoms. The van der Waals surface area contributed by atoms with Gasteiger partial charge in [-0.1, -0.05) is 138 Å². The highest BCUT2D eigenvalue weighted by Gasteiger charge is 2.36. The van der Waals surface area contributed by atoms with E-state index in [-0.39, 0.29) is 83.6 Å². The summed E-state index contributed by atoms with van der Waals surface area (Å²) < 4.78 is 104. The summed E-state index contributed by atoms with van der Waals surface area (Å²) in [7, 11) is 0.748. The largest absolute Gasteiger partial charge is 0.497 e. The number of benzene rings is 11. The summed E-state index contributed by atoms with van der Waals surface area (Å²) in [5.41, 5.74) is 8.54. The Balaban J connectivity index is 0.000000134. The third-order valence-electron chi connectivity index (χ3n) is 23.2. The zero-order valence-corrected chi connectivity index (χ0v) is 78.8. The molecule has 8 heterocycles. The van der Waals surface area contributed by atoms with Crippen molar-refractivity contribution in [2.45, 2.75) is 102 Å². The predicted octanol–water partition coefficient (Wildman–Crippen LogP) is 18.4. The average Bonchev–Trinajstić information content (AvgIpc) is 1.66. The Morgan fingerprint density at radius 3 is 1.77 bits per heavy atom. The van der Waals surface area contributed by atoms with E-state index in [1.165, 1.54) is 46.3 Å². The van der Waals surface area contributed by atoms with Crippen LogP contribution in [-0.4, -0.2) is 127 Å². The third kappa shape index (κ3) is 20.7. The summed E-state index contributed by atoms with van der Waals surface area (Å²) in [4.78, 5) is 108. The number of hydrogen-bond donors (Lipinski definition) is 4. The van der Waals surface area contributed by atoms with Crippen molar-refractivity contribution in [3.8, 4) is 91.4 Å². The maximum absolute atomic E-state index is 13.7. The van der Waals surface area contributed by atoms with Crippen LogP contribution < -0.4 is 78.0 Å². The number of hydrogen-bond acceptors (Lipinski definition) is 26. The second-order valence-corrected chi connectivity index (χ2v) is 36.5. The number of aromatic carboxylic acids is 2. The first-order valence-electron chi connectivity index (χ1n) is 43.9. The van der Waals surface area contributed by atoms with E-state index in [0.717, 1.165) is 31.7 Å². The van der Waals surface area contributed by atoms with Crippen LogP contribution in [0.5, 0.6) is 69.1 Å². The standard InChI is InChI=1S/C27H24N2O6S.C27H23NO7.C27H21NO6.C25H26N2O6S/c1-27(2,3)16-5-8-18(9-6-16)36-29-26(32)23(15-4-11-21-22(12-15)34-14-33-21)35-17-7-10-19-20(13-17)25(31)28-24(19)30;1-3-33-18-9-10-20-19(13-18)24(16-8-11-22-23(12-16)35-15-34-22)25(27(30)31)26(29)28(20)14-17-6-4-5-7-21(17)32-2;1-31-18-13-11-16(12-14-18)22-23(27(29)30)26(33-15-17-7-3-5-9-20(17)32-2)28-24-19-8-4-6-10-21(19)34-25(22)24;1-15(2)18-5-8-20(9-6-18)34(30,31)13-21(28)24(27-25(29)16(3)11-17(4)26-27)19-7-10-22-23(12-19)33-14-32-22/h4-13,23H,14H2,1-3H3,(H,29,32)(H,28,30,31);4-13H,3,14-15H2,1-2H3,(H,30,31);3-14H,15H2,1-2H3,(H,29,30);5-12,15,24H,13-14H2,1-4H3. The molecule has 710 valence electrons. The number of furan rings is 1. The summed E-state index contributed by atoms with van der Waals surface area (Å²) in [6.45, 7) is 16.5. The summed E-state index contributed by atoms with van der Waals surface area (Å²) >= 11 is 1.18. The minimum Gasteiger partial charge on any atom is -0.497 e. The summed E-state index contributed by atoms with van der Waals surface area (Å²) in [6.07, 6.45) is -1.06. The average molecular weight is 1920 g/mol. The SMILES string of the molecule is CC(C)(C)c1ccc(SNC(=O)C(Oc2ccc3c(c2)C(=O)NC3=O)c2ccc3c(c2)OCO3)cc1.CCOc1ccc2c(c1)c(-c1ccc3c(c1)OCO3)c(C(=O)O)c(=O)n2Cc1ccccc1OC.COc1ccc(-c2c(C(=O)O)c(OCc3ccccc3OC)nc3c2oc2ccccc23)cc1.Cc1cc(C)c(=O)n(C(C(=O)CS(=O)(=O)c2ccc(C(C)C)cc2)c2ccc3c(c2)OCO3)n1. The predicted molar refractivity (Wildman–Crippen MR) is 517 cm³/mol. The lowest BCUT2D eigenvalue weighted by Crippen LogP contribution is -2.36. The van der Waals surface area contributed by atoms with Crippen LogP contribution in [0, 0.1) is 13.8 Å². The number of carbonyl (C=O) groups is 6. The lowest BCUT2D eigenvalue weighted by atomic mass is 9.87. The number of para-hydroxylation sites is 3. The number of fused-ring (bicyclic) bond motifs is 8. The highest BCUT2D eigenvalue weighted by molar-refractivity contribution is 7.98. The van der Waals surface area contributed by atoms with Crippen molar-refractivity contribution in [3.05, 3.63) is 330 Å². The van der Waals surface area contributed by atoms with E-state index in [1.54, 1.807) is 163 Å². The van der Waals surface area contributed by atoms with E-state index in [4.69, 9.17) is 61.3 Å². The van der Waals surface area contributed by atoms with E-state index >= 15 is 0 Å². The molecule has 33 heteroatoms. The smallest absolute Gasteiger partial charge is 0.342 e. The number of methoxy groups -OCH3 is 3. The van der Waals surface area contributed by atoms with Crippen molar-refractivity contribution in [1.82, 2.24) is 29.4 Å². The van der Waals surface area contributed by atoms with Crippen LogP contribution in [0.2, 0.25) is 0 Å². The first-order chi connectivity index (χ1) is 66.9. The number of pyridine rings is 2. The number of ketones is 1. The number of aryl methyl sites for hydroxylation is 2. The van der Waals surface area contributed by atoms with Gasteiger partial charge in [0.05, 0.1) is 61.7 Å². The minimum atomic E-state index is -3.96. The van der Waals surface area contributed by atoms with Gasteiger partial charge in [0.25, 0.3) is 28.8 Å². The number of carbonyl (C=O) groups excluding carboxylic acids is 4. The van der Waals surface area contributed by atoms with Gasteiger partial charge < -0.3 is 76.0 Å². The van der Waals surface area contributed by atoms with E-state index in [1.807, 2.05) is 112 Å². The fraction of sp³-hybridized carbons (Fsp3) is 0.208. The molecule has 0 bridgehead atoms. The lowest BCUT2D eigenvalue weighted by Gasteiger charge is -2.20. The fourth-order valence-corrected chi connectivity index (χ4v) is 18.1. The monoisotopic (exact) mass is 1910 g/mol. The van der Waals surface area contributed by atoms with Gasteiger partial charge in [-0.3, -0.25) is 38.8 Å². The fourth-order valence-electron chi connectivity index (χ4n) is 16.2. The molecule has 0 fully saturated rings. The second kappa shape index (κ2) is 41.0. The molecule has 4 N–H and O–H groups in total. The Hall–Kier alpha value is -16.4. The number of imide groups is 1. The van der Waals surface area contributed by atoms with Crippen LogP contribution in [0.15, 0.2) is 266 Å². The van der Waals surface area contributed by atoms with E-state index in [9.17, 15) is 57.0 Å². The molecule has 19 rings (SSSR count). The molecule has 2 unspecified atom stereocenters. The van der Waals surface area contributed by atoms with Gasteiger partial charge >= 0.3 is 11.9 Å². The lowest BCUT2D eigenvalue weighted by molar-refractivity contribution is -0.126. The van der Waals surface area contributed by atoms with E-state index in [0.29, 0.717) is 136 Å².